The van der Waals surface area contributed by atoms with Crippen LogP contribution in [0.3, 0.4) is 0 Å². The maximum absolute atomic E-state index is 12.9. The molecule has 126 valence electrons. The molecule has 0 saturated heterocycles. The van der Waals surface area contributed by atoms with Crippen LogP contribution >= 0.6 is 0 Å². The van der Waals surface area contributed by atoms with Gasteiger partial charge in [0.05, 0.1) is 25.8 Å². The van der Waals surface area contributed by atoms with Gasteiger partial charge in [0.2, 0.25) is 0 Å². The molecule has 24 heavy (non-hydrogen) atoms. The second-order valence-electron chi connectivity index (χ2n) is 5.34. The number of ether oxygens (including phenoxy) is 1. The molecule has 1 heterocycles. The number of halogens is 1. The molecule has 0 spiro atoms. The summed E-state index contributed by atoms with van der Waals surface area (Å²) < 4.78 is 19.2. The lowest BCUT2D eigenvalue weighted by atomic mass is 10.1. The Morgan fingerprint density at radius 3 is 2.54 bits per heavy atom. The summed E-state index contributed by atoms with van der Waals surface area (Å²) in [6.45, 7) is 4.13. The highest BCUT2D eigenvalue weighted by molar-refractivity contribution is 6.06. The van der Waals surface area contributed by atoms with Crippen molar-refractivity contribution in [2.45, 2.75) is 26.8 Å². The molecule has 0 fully saturated rings. The van der Waals surface area contributed by atoms with Crippen molar-refractivity contribution < 1.29 is 18.7 Å². The van der Waals surface area contributed by atoms with E-state index >= 15 is 0 Å². The smallest absolute Gasteiger partial charge is 0.307 e. The van der Waals surface area contributed by atoms with Crippen molar-refractivity contribution in [3.8, 4) is 0 Å². The van der Waals surface area contributed by atoms with Gasteiger partial charge in [-0.2, -0.15) is 5.10 Å². The fourth-order valence-electron chi connectivity index (χ4n) is 2.34. The number of carbonyl (C=O) groups excluding carboxylic acids is 2. The zero-order valence-electron chi connectivity index (χ0n) is 13.9. The first-order valence-electron chi connectivity index (χ1n) is 7.51. The molecule has 0 radical (unpaired) electrons. The van der Waals surface area contributed by atoms with E-state index < -0.39 is 0 Å². The first kappa shape index (κ1) is 17.6. The quantitative estimate of drug-likeness (QED) is 0.464. The fraction of sp³-hybridized carbons (Fsp3) is 0.278. The third kappa shape index (κ3) is 4.16. The molecule has 1 aromatic heterocycles. The molecule has 0 aliphatic carbocycles. The molecule has 0 aliphatic heterocycles. The highest BCUT2D eigenvalue weighted by atomic mass is 19.1. The number of methoxy groups -OCH3 is 1. The van der Waals surface area contributed by atoms with Crippen LogP contribution in [0.4, 0.5) is 4.39 Å². The first-order chi connectivity index (χ1) is 11.4. The van der Waals surface area contributed by atoms with Gasteiger partial charge < -0.3 is 4.74 Å². The Bertz CT molecular complexity index is 776. The zero-order chi connectivity index (χ0) is 17.7. The maximum Gasteiger partial charge on any atom is 0.307 e. The predicted molar refractivity (Wildman–Crippen MR) is 88.1 cm³/mol. The Kier molecular flexibility index (Phi) is 5.63. The van der Waals surface area contributed by atoms with E-state index in [4.69, 9.17) is 0 Å². The summed E-state index contributed by atoms with van der Waals surface area (Å²) in [4.78, 5) is 23.4. The fourth-order valence-corrected chi connectivity index (χ4v) is 2.34. The van der Waals surface area contributed by atoms with Crippen LogP contribution in [0.5, 0.6) is 0 Å². The molecule has 0 saturated carbocycles. The highest BCUT2D eigenvalue weighted by Crippen LogP contribution is 2.16. The summed E-state index contributed by atoms with van der Waals surface area (Å²) in [5, 5.41) is 4.38. The number of carbonyl (C=O) groups is 2. The van der Waals surface area contributed by atoms with Crippen molar-refractivity contribution >= 4 is 17.8 Å². The van der Waals surface area contributed by atoms with Gasteiger partial charge in [0.25, 0.3) is 0 Å². The minimum Gasteiger partial charge on any atom is -0.469 e. The van der Waals surface area contributed by atoms with Gasteiger partial charge in [0, 0.05) is 16.8 Å². The molecular weight excluding hydrogens is 311 g/mol. The van der Waals surface area contributed by atoms with Gasteiger partial charge >= 0.3 is 5.97 Å². The molecule has 1 aromatic carbocycles. The Morgan fingerprint density at radius 1 is 1.25 bits per heavy atom. The van der Waals surface area contributed by atoms with Gasteiger partial charge in [-0.1, -0.05) is 0 Å². The molecule has 0 aliphatic rings. The highest BCUT2D eigenvalue weighted by Gasteiger charge is 2.11. The Labute approximate surface area is 139 Å². The number of nitrogens with zero attached hydrogens (tertiary/aromatic N) is 2. The third-order valence-electron chi connectivity index (χ3n) is 3.72. The van der Waals surface area contributed by atoms with Crippen LogP contribution in [0, 0.1) is 19.7 Å². The van der Waals surface area contributed by atoms with E-state index in [0.29, 0.717) is 12.1 Å². The largest absolute Gasteiger partial charge is 0.469 e. The number of benzene rings is 1. The number of hydrogen-bond acceptors (Lipinski definition) is 4. The van der Waals surface area contributed by atoms with Crippen LogP contribution in [0.15, 0.2) is 30.3 Å². The molecule has 6 heteroatoms. The summed E-state index contributed by atoms with van der Waals surface area (Å²) in [5.41, 5.74) is 2.87. The van der Waals surface area contributed by atoms with Gasteiger partial charge in [0.1, 0.15) is 5.82 Å². The number of ketones is 1. The van der Waals surface area contributed by atoms with Gasteiger partial charge in [-0.3, -0.25) is 14.3 Å². The van der Waals surface area contributed by atoms with Crippen molar-refractivity contribution in [3.63, 3.8) is 0 Å². The molecule has 2 aromatic rings. The number of aryl methyl sites for hydroxylation is 2. The lowest BCUT2D eigenvalue weighted by Crippen LogP contribution is -2.09. The second kappa shape index (κ2) is 7.68. The van der Waals surface area contributed by atoms with E-state index in [1.165, 1.54) is 37.5 Å². The van der Waals surface area contributed by atoms with E-state index in [1.807, 2.05) is 13.8 Å². The number of hydrogen-bond donors (Lipinski definition) is 0. The Morgan fingerprint density at radius 2 is 1.92 bits per heavy atom. The van der Waals surface area contributed by atoms with E-state index in [1.54, 1.807) is 10.8 Å². The van der Waals surface area contributed by atoms with E-state index in [-0.39, 0.29) is 24.0 Å². The van der Waals surface area contributed by atoms with Crippen molar-refractivity contribution in [1.82, 2.24) is 9.78 Å². The Hall–Kier alpha value is -2.76. The zero-order valence-corrected chi connectivity index (χ0v) is 13.9. The molecule has 0 unspecified atom stereocenters. The van der Waals surface area contributed by atoms with Crippen molar-refractivity contribution in [2.24, 2.45) is 0 Å². The summed E-state index contributed by atoms with van der Waals surface area (Å²) in [6.07, 6.45) is 3.36. The minimum absolute atomic E-state index is 0.212. The topological polar surface area (TPSA) is 61.2 Å². The van der Waals surface area contributed by atoms with Gasteiger partial charge in [0.15, 0.2) is 5.78 Å². The van der Waals surface area contributed by atoms with Crippen molar-refractivity contribution in [1.29, 1.82) is 0 Å². The monoisotopic (exact) mass is 330 g/mol. The summed E-state index contributed by atoms with van der Waals surface area (Å²) >= 11 is 0. The number of rotatable bonds is 6. The number of aromatic nitrogens is 2. The normalized spacial score (nSPS) is 11.0. The van der Waals surface area contributed by atoms with Crippen LogP contribution in [-0.4, -0.2) is 28.6 Å². The first-order valence-corrected chi connectivity index (χ1v) is 7.51. The second-order valence-corrected chi connectivity index (χ2v) is 5.34. The van der Waals surface area contributed by atoms with E-state index in [2.05, 4.69) is 9.84 Å². The number of allylic oxidation sites excluding steroid dienone is 1. The summed E-state index contributed by atoms with van der Waals surface area (Å²) in [6, 6.07) is 5.40. The minimum atomic E-state index is -0.380. The summed E-state index contributed by atoms with van der Waals surface area (Å²) in [7, 11) is 1.35. The van der Waals surface area contributed by atoms with Gasteiger partial charge in [-0.05, 0) is 50.3 Å². The molecule has 5 nitrogen and oxygen atoms in total. The van der Waals surface area contributed by atoms with Crippen molar-refractivity contribution in [2.75, 3.05) is 7.11 Å². The van der Waals surface area contributed by atoms with E-state index in [0.717, 1.165) is 17.0 Å². The molecule has 0 amide bonds. The van der Waals surface area contributed by atoms with Crippen LogP contribution < -0.4 is 0 Å². The van der Waals surface area contributed by atoms with Crippen molar-refractivity contribution in [3.05, 3.63) is 58.7 Å². The van der Waals surface area contributed by atoms with Crippen LogP contribution in [0.1, 0.15) is 33.7 Å². The predicted octanol–water partition coefficient (Wildman–Crippen LogP) is 3.10. The van der Waals surface area contributed by atoms with Crippen LogP contribution in [0.2, 0.25) is 0 Å². The molecule has 0 bridgehead atoms. The maximum atomic E-state index is 12.9. The van der Waals surface area contributed by atoms with Gasteiger partial charge in [-0.15, -0.1) is 0 Å². The van der Waals surface area contributed by atoms with E-state index in [9.17, 15) is 14.0 Å². The Balaban J connectivity index is 2.14. The standard InChI is InChI=1S/C18H19FN2O3/c1-12-16(13(2)21(20-12)11-10-18(23)24-3)8-9-17(22)14-4-6-15(19)7-5-14/h4-9H,10-11H2,1-3H3/b9-8-. The molecule has 0 atom stereocenters. The van der Waals surface area contributed by atoms with Crippen LogP contribution in [-0.2, 0) is 16.1 Å². The molecule has 2 rings (SSSR count). The summed E-state index contributed by atoms with van der Waals surface area (Å²) in [5.74, 6) is -0.892. The third-order valence-corrected chi connectivity index (χ3v) is 3.72. The lowest BCUT2D eigenvalue weighted by molar-refractivity contribution is -0.140. The van der Waals surface area contributed by atoms with Crippen LogP contribution in [0.25, 0.3) is 6.08 Å². The lowest BCUT2D eigenvalue weighted by Gasteiger charge is -2.03. The molecule has 0 N–H and O–H groups in total. The van der Waals surface area contributed by atoms with Gasteiger partial charge in [-0.25, -0.2) is 4.39 Å². The molecular formula is C18H19FN2O3. The number of esters is 1. The average molecular weight is 330 g/mol. The average Bonchev–Trinajstić information content (AvgIpc) is 2.84. The SMILES string of the molecule is COC(=O)CCn1nc(C)c(/C=C\C(=O)c2ccc(F)cc2)c1C.